The highest BCUT2D eigenvalue weighted by Crippen LogP contribution is 2.20. The van der Waals surface area contributed by atoms with Gasteiger partial charge in [0.2, 0.25) is 5.88 Å². The smallest absolute Gasteiger partial charge is 0.222 e. The predicted octanol–water partition coefficient (Wildman–Crippen LogP) is 2.45. The van der Waals surface area contributed by atoms with E-state index in [4.69, 9.17) is 15.0 Å². The minimum absolute atomic E-state index is 0.305. The Morgan fingerprint density at radius 1 is 1.31 bits per heavy atom. The first kappa shape index (κ1) is 10.5. The van der Waals surface area contributed by atoms with E-state index in [0.29, 0.717) is 18.2 Å². The molecule has 4 nitrogen and oxygen atoms in total. The molecule has 0 aliphatic heterocycles. The van der Waals surface area contributed by atoms with Crippen LogP contribution in [0.2, 0.25) is 0 Å². The second-order valence-electron chi connectivity index (χ2n) is 3.78. The van der Waals surface area contributed by atoms with Gasteiger partial charge in [-0.3, -0.25) is 0 Å². The van der Waals surface area contributed by atoms with E-state index in [1.54, 1.807) is 6.07 Å². The van der Waals surface area contributed by atoms with Gasteiger partial charge in [-0.15, -0.1) is 0 Å². The molecule has 0 unspecified atom stereocenters. The molecule has 0 spiro atoms. The number of benzene rings is 1. The van der Waals surface area contributed by atoms with Crippen molar-refractivity contribution in [1.29, 1.82) is 0 Å². The van der Waals surface area contributed by atoms with E-state index in [2.05, 4.69) is 18.1 Å². The summed E-state index contributed by atoms with van der Waals surface area (Å²) in [6, 6.07) is 7.70. The Balaban J connectivity index is 2.04. The first-order valence-corrected chi connectivity index (χ1v) is 5.06. The van der Waals surface area contributed by atoms with Gasteiger partial charge in [0.1, 0.15) is 18.1 Å². The molecule has 4 heteroatoms. The van der Waals surface area contributed by atoms with Crippen molar-refractivity contribution < 1.29 is 9.26 Å². The molecule has 0 saturated heterocycles. The van der Waals surface area contributed by atoms with Crippen molar-refractivity contribution in [3.63, 3.8) is 0 Å². The van der Waals surface area contributed by atoms with Crippen LogP contribution in [0.1, 0.15) is 16.8 Å². The van der Waals surface area contributed by atoms with E-state index >= 15 is 0 Å². The molecule has 2 N–H and O–H groups in total. The van der Waals surface area contributed by atoms with Gasteiger partial charge in [0.15, 0.2) is 0 Å². The number of anilines is 1. The van der Waals surface area contributed by atoms with Crippen molar-refractivity contribution in [3.05, 3.63) is 41.1 Å². The van der Waals surface area contributed by atoms with Gasteiger partial charge >= 0.3 is 0 Å². The molecule has 1 aromatic carbocycles. The predicted molar refractivity (Wildman–Crippen MR) is 61.2 cm³/mol. The number of aromatic nitrogens is 1. The van der Waals surface area contributed by atoms with E-state index in [-0.39, 0.29) is 0 Å². The third-order valence-corrected chi connectivity index (χ3v) is 2.28. The zero-order valence-electron chi connectivity index (χ0n) is 9.36. The number of nitrogens with two attached hydrogens (primary N) is 1. The highest BCUT2D eigenvalue weighted by Gasteiger charge is 2.03. The lowest BCUT2D eigenvalue weighted by Crippen LogP contribution is -1.97. The van der Waals surface area contributed by atoms with Crippen LogP contribution in [-0.4, -0.2) is 5.16 Å². The largest absolute Gasteiger partial charge is 0.487 e. The van der Waals surface area contributed by atoms with Crippen molar-refractivity contribution in [2.45, 2.75) is 20.5 Å². The number of aryl methyl sites for hydroxylation is 2. The fraction of sp³-hybridized carbons (Fsp3) is 0.250. The van der Waals surface area contributed by atoms with Crippen LogP contribution in [0.5, 0.6) is 5.75 Å². The normalized spacial score (nSPS) is 10.4. The number of rotatable bonds is 3. The molecule has 0 amide bonds. The summed E-state index contributed by atoms with van der Waals surface area (Å²) in [4.78, 5) is 0. The van der Waals surface area contributed by atoms with Gasteiger partial charge in [-0.25, -0.2) is 0 Å². The molecular weight excluding hydrogens is 204 g/mol. The molecule has 0 fully saturated rings. The SMILES string of the molecule is Cc1ccc(OCc2cc(N)on2)c(C)c1. The fourth-order valence-electron chi connectivity index (χ4n) is 1.51. The molecule has 0 atom stereocenters. The Bertz CT molecular complexity index is 492. The fourth-order valence-corrected chi connectivity index (χ4v) is 1.51. The maximum absolute atomic E-state index is 5.61. The van der Waals surface area contributed by atoms with Gasteiger partial charge < -0.3 is 15.0 Å². The van der Waals surface area contributed by atoms with E-state index in [1.165, 1.54) is 5.56 Å². The summed E-state index contributed by atoms with van der Waals surface area (Å²) < 4.78 is 10.4. The number of hydrogen-bond donors (Lipinski definition) is 1. The van der Waals surface area contributed by atoms with Crippen molar-refractivity contribution >= 4 is 5.88 Å². The lowest BCUT2D eigenvalue weighted by Gasteiger charge is -2.07. The number of hydrogen-bond acceptors (Lipinski definition) is 4. The number of ether oxygens (including phenoxy) is 1. The third kappa shape index (κ3) is 2.34. The van der Waals surface area contributed by atoms with Crippen molar-refractivity contribution in [1.82, 2.24) is 5.16 Å². The minimum atomic E-state index is 0.305. The number of nitrogen functional groups attached to an aromatic ring is 1. The topological polar surface area (TPSA) is 61.3 Å². The molecule has 84 valence electrons. The summed E-state index contributed by atoms with van der Waals surface area (Å²) in [6.45, 7) is 4.43. The first-order chi connectivity index (χ1) is 7.65. The summed E-state index contributed by atoms with van der Waals surface area (Å²) >= 11 is 0. The second kappa shape index (κ2) is 4.26. The Kier molecular flexibility index (Phi) is 2.81. The standard InChI is InChI=1S/C12H14N2O2/c1-8-3-4-11(9(2)5-8)15-7-10-6-12(13)16-14-10/h3-6H,7,13H2,1-2H3. The summed E-state index contributed by atoms with van der Waals surface area (Å²) in [5.74, 6) is 1.16. The molecular formula is C12H14N2O2. The first-order valence-electron chi connectivity index (χ1n) is 5.06. The molecule has 1 heterocycles. The molecule has 0 aliphatic carbocycles. The summed E-state index contributed by atoms with van der Waals surface area (Å²) in [5.41, 5.74) is 8.43. The zero-order valence-corrected chi connectivity index (χ0v) is 9.36. The molecule has 0 radical (unpaired) electrons. The second-order valence-corrected chi connectivity index (χ2v) is 3.78. The third-order valence-electron chi connectivity index (χ3n) is 2.28. The molecule has 0 aliphatic rings. The highest BCUT2D eigenvalue weighted by molar-refractivity contribution is 5.35. The number of nitrogens with zero attached hydrogens (tertiary/aromatic N) is 1. The van der Waals surface area contributed by atoms with E-state index in [1.807, 2.05) is 19.1 Å². The van der Waals surface area contributed by atoms with Gasteiger partial charge in [-0.2, -0.15) is 0 Å². The summed E-state index contributed by atoms with van der Waals surface area (Å²) in [5, 5.41) is 3.75. The highest BCUT2D eigenvalue weighted by atomic mass is 16.5. The van der Waals surface area contributed by atoms with E-state index in [0.717, 1.165) is 11.3 Å². The van der Waals surface area contributed by atoms with E-state index in [9.17, 15) is 0 Å². The van der Waals surface area contributed by atoms with Crippen molar-refractivity contribution in [3.8, 4) is 5.75 Å². The van der Waals surface area contributed by atoms with Gasteiger partial charge in [0.25, 0.3) is 0 Å². The van der Waals surface area contributed by atoms with Gasteiger partial charge in [-0.05, 0) is 25.5 Å². The van der Waals surface area contributed by atoms with Crippen LogP contribution < -0.4 is 10.5 Å². The monoisotopic (exact) mass is 218 g/mol. The van der Waals surface area contributed by atoms with Crippen LogP contribution in [0.4, 0.5) is 5.88 Å². The maximum atomic E-state index is 5.61. The minimum Gasteiger partial charge on any atom is -0.487 e. The van der Waals surface area contributed by atoms with Crippen LogP contribution in [0, 0.1) is 13.8 Å². The Labute approximate surface area is 94.0 Å². The molecule has 1 aromatic heterocycles. The van der Waals surface area contributed by atoms with Gasteiger partial charge in [-0.1, -0.05) is 22.9 Å². The van der Waals surface area contributed by atoms with Gasteiger partial charge in [0.05, 0.1) is 0 Å². The lowest BCUT2D eigenvalue weighted by molar-refractivity contribution is 0.288. The van der Waals surface area contributed by atoms with Crippen LogP contribution >= 0.6 is 0 Å². The molecule has 0 bridgehead atoms. The average Bonchev–Trinajstić information content (AvgIpc) is 2.63. The zero-order chi connectivity index (χ0) is 11.5. The summed E-state index contributed by atoms with van der Waals surface area (Å²) in [6.07, 6.45) is 0. The van der Waals surface area contributed by atoms with E-state index < -0.39 is 0 Å². The maximum Gasteiger partial charge on any atom is 0.222 e. The van der Waals surface area contributed by atoms with Crippen LogP contribution in [-0.2, 0) is 6.61 Å². The molecule has 16 heavy (non-hydrogen) atoms. The van der Waals surface area contributed by atoms with Gasteiger partial charge in [0, 0.05) is 6.07 Å². The summed E-state index contributed by atoms with van der Waals surface area (Å²) in [7, 11) is 0. The molecule has 0 saturated carbocycles. The lowest BCUT2D eigenvalue weighted by atomic mass is 10.1. The van der Waals surface area contributed by atoms with Crippen molar-refractivity contribution in [2.24, 2.45) is 0 Å². The quantitative estimate of drug-likeness (QED) is 0.859. The van der Waals surface area contributed by atoms with Crippen molar-refractivity contribution in [2.75, 3.05) is 5.73 Å². The van der Waals surface area contributed by atoms with Crippen LogP contribution in [0.3, 0.4) is 0 Å². The average molecular weight is 218 g/mol. The Morgan fingerprint density at radius 2 is 2.12 bits per heavy atom. The van der Waals surface area contributed by atoms with Crippen LogP contribution in [0.15, 0.2) is 28.8 Å². The Hall–Kier alpha value is -1.97. The molecule has 2 rings (SSSR count). The Morgan fingerprint density at radius 3 is 2.75 bits per heavy atom. The molecule has 2 aromatic rings. The van der Waals surface area contributed by atoms with Crippen LogP contribution in [0.25, 0.3) is 0 Å².